The number of hydrogen-bond donors (Lipinski definition) is 1. The molecule has 0 aliphatic carbocycles. The Hall–Kier alpha value is -1.98. The first-order valence-electron chi connectivity index (χ1n) is 3.05. The maximum absolute atomic E-state index is 10.9. The monoisotopic (exact) mass is 167 g/mol. The highest BCUT2D eigenvalue weighted by atomic mass is 16.7. The third-order valence-corrected chi connectivity index (χ3v) is 1.12. The van der Waals surface area contributed by atoms with Crippen LogP contribution in [0.1, 0.15) is 10.4 Å². The molecule has 12 heavy (non-hydrogen) atoms. The number of carbonyl (C=O) groups excluding carboxylic acids is 1. The molecule has 0 radical (unpaired) electrons. The summed E-state index contributed by atoms with van der Waals surface area (Å²) in [5.74, 6) is -0.770. The van der Waals surface area contributed by atoms with E-state index in [9.17, 15) is 14.9 Å². The lowest BCUT2D eigenvalue weighted by Gasteiger charge is -1.94. The molecule has 1 aromatic rings. The van der Waals surface area contributed by atoms with Crippen molar-refractivity contribution in [2.75, 3.05) is 0 Å². The summed E-state index contributed by atoms with van der Waals surface area (Å²) in [7, 11) is 0. The third kappa shape index (κ3) is 2.01. The van der Waals surface area contributed by atoms with Gasteiger partial charge in [0.2, 0.25) is 0 Å². The second kappa shape index (κ2) is 3.42. The zero-order valence-electron chi connectivity index (χ0n) is 5.93. The fourth-order valence-electron chi connectivity index (χ4n) is 0.645. The number of aromatic nitrogens is 1. The fourth-order valence-corrected chi connectivity index (χ4v) is 0.645. The van der Waals surface area contributed by atoms with Gasteiger partial charge in [0.1, 0.15) is 0 Å². The Morgan fingerprint density at radius 2 is 2.42 bits per heavy atom. The molecule has 0 saturated heterocycles. The molecule has 0 saturated carbocycles. The molecule has 1 aromatic heterocycles. The molecule has 0 aliphatic heterocycles. The van der Waals surface area contributed by atoms with Gasteiger partial charge in [-0.15, -0.1) is 0 Å². The molecule has 0 aromatic carbocycles. The Labute approximate surface area is 67.4 Å². The minimum absolute atomic E-state index is 0.161. The van der Waals surface area contributed by atoms with Gasteiger partial charge in [-0.25, -0.2) is 10.1 Å². The van der Waals surface area contributed by atoms with E-state index in [1.165, 1.54) is 30.0 Å². The lowest BCUT2D eigenvalue weighted by molar-refractivity contribution is -0.527. The van der Waals surface area contributed by atoms with Crippen molar-refractivity contribution in [2.45, 2.75) is 0 Å². The van der Waals surface area contributed by atoms with E-state index in [0.29, 0.717) is 0 Å². The van der Waals surface area contributed by atoms with Gasteiger partial charge in [0.05, 0.1) is 5.56 Å². The molecule has 0 bridgehead atoms. The number of rotatable bonds is 2. The summed E-state index contributed by atoms with van der Waals surface area (Å²) >= 11 is 0. The molecule has 0 aliphatic rings. The summed E-state index contributed by atoms with van der Waals surface area (Å²) in [6.07, 6.45) is 2.72. The molecule has 1 rings (SSSR count). The average Bonchev–Trinajstić information content (AvgIpc) is 2.05. The van der Waals surface area contributed by atoms with Gasteiger partial charge in [-0.2, -0.15) is 0 Å². The zero-order chi connectivity index (χ0) is 8.97. The first-order chi connectivity index (χ1) is 5.70. The number of nitrogens with zero attached hydrogens (tertiary/aromatic N) is 2. The lowest BCUT2D eigenvalue weighted by Crippen LogP contribution is -2.29. The fraction of sp³-hybridized carbons (Fsp3) is 0. The largest absolute Gasteiger partial charge is 0.312 e. The van der Waals surface area contributed by atoms with Gasteiger partial charge >= 0.3 is 5.91 Å². The molecule has 1 amide bonds. The molecular weight excluding hydrogens is 162 g/mol. The number of hydrogen-bond acceptors (Lipinski definition) is 4. The lowest BCUT2D eigenvalue weighted by atomic mass is 10.3. The van der Waals surface area contributed by atoms with Crippen LogP contribution in [-0.2, 0) is 0 Å². The molecule has 0 spiro atoms. The zero-order valence-corrected chi connectivity index (χ0v) is 5.93. The Kier molecular flexibility index (Phi) is 2.32. The summed E-state index contributed by atoms with van der Waals surface area (Å²) in [5.41, 5.74) is 1.66. The van der Waals surface area contributed by atoms with Crippen LogP contribution in [0.15, 0.2) is 24.5 Å². The van der Waals surface area contributed by atoms with Gasteiger partial charge in [0.25, 0.3) is 0 Å². The normalized spacial score (nSPS) is 9.00. The van der Waals surface area contributed by atoms with Gasteiger partial charge < -0.3 is 0 Å². The van der Waals surface area contributed by atoms with Crippen molar-refractivity contribution in [2.24, 2.45) is 0 Å². The molecular formula is C6H5N3O3. The van der Waals surface area contributed by atoms with E-state index in [-0.39, 0.29) is 5.56 Å². The molecule has 0 atom stereocenters. The van der Waals surface area contributed by atoms with Crippen molar-refractivity contribution in [3.8, 4) is 0 Å². The van der Waals surface area contributed by atoms with Crippen molar-refractivity contribution in [1.82, 2.24) is 10.4 Å². The van der Waals surface area contributed by atoms with Gasteiger partial charge in [-0.1, -0.05) is 5.43 Å². The maximum atomic E-state index is 10.9. The van der Waals surface area contributed by atoms with E-state index in [1.807, 2.05) is 0 Å². The summed E-state index contributed by atoms with van der Waals surface area (Å²) in [5, 5.41) is 8.93. The van der Waals surface area contributed by atoms with Crippen LogP contribution in [0, 0.1) is 10.1 Å². The van der Waals surface area contributed by atoms with Crippen LogP contribution in [0.2, 0.25) is 0 Å². The highest BCUT2D eigenvalue weighted by molar-refractivity contribution is 5.92. The Morgan fingerprint density at radius 3 is 2.92 bits per heavy atom. The van der Waals surface area contributed by atoms with Gasteiger partial charge in [0.15, 0.2) is 5.03 Å². The second-order valence-electron chi connectivity index (χ2n) is 1.94. The van der Waals surface area contributed by atoms with E-state index in [1.54, 1.807) is 0 Å². The molecule has 0 unspecified atom stereocenters. The number of pyridine rings is 1. The van der Waals surface area contributed by atoms with Crippen molar-refractivity contribution in [3.05, 3.63) is 40.2 Å². The van der Waals surface area contributed by atoms with Crippen LogP contribution in [0.3, 0.4) is 0 Å². The first-order valence-corrected chi connectivity index (χ1v) is 3.05. The van der Waals surface area contributed by atoms with Crippen molar-refractivity contribution < 1.29 is 9.83 Å². The number of carbonyl (C=O) groups is 1. The Bertz CT molecular complexity index is 298. The van der Waals surface area contributed by atoms with Gasteiger partial charge in [-0.3, -0.25) is 9.78 Å². The smallest absolute Gasteiger partial charge is 0.264 e. The number of amides is 1. The average molecular weight is 167 g/mol. The van der Waals surface area contributed by atoms with Crippen molar-refractivity contribution in [1.29, 1.82) is 0 Å². The third-order valence-electron chi connectivity index (χ3n) is 1.12. The van der Waals surface area contributed by atoms with E-state index < -0.39 is 10.9 Å². The topological polar surface area (TPSA) is 85.1 Å². The highest BCUT2D eigenvalue weighted by Crippen LogP contribution is 1.93. The van der Waals surface area contributed by atoms with E-state index in [4.69, 9.17) is 0 Å². The van der Waals surface area contributed by atoms with Gasteiger partial charge in [-0.05, 0) is 12.1 Å². The standard InChI is InChI=1S/C6H5N3O3/c10-6(8-9(11)12)5-2-1-3-7-4-5/h1-4H,(H,8,10). The first kappa shape index (κ1) is 8.12. The maximum Gasteiger partial charge on any atom is 0.312 e. The van der Waals surface area contributed by atoms with Crippen LogP contribution in [-0.4, -0.2) is 15.9 Å². The number of nitro groups is 1. The summed E-state index contributed by atoms with van der Waals surface area (Å²) in [6.45, 7) is 0. The predicted octanol–water partition coefficient (Wildman–Crippen LogP) is 0.00310. The summed E-state index contributed by atoms with van der Waals surface area (Å²) < 4.78 is 0. The second-order valence-corrected chi connectivity index (χ2v) is 1.94. The van der Waals surface area contributed by atoms with Crippen molar-refractivity contribution in [3.63, 3.8) is 0 Å². The minimum atomic E-state index is -0.907. The Morgan fingerprint density at radius 1 is 1.67 bits per heavy atom. The van der Waals surface area contributed by atoms with Crippen molar-refractivity contribution >= 4 is 5.91 Å². The molecule has 0 fully saturated rings. The van der Waals surface area contributed by atoms with E-state index in [0.717, 1.165) is 0 Å². The van der Waals surface area contributed by atoms with Gasteiger partial charge in [0, 0.05) is 12.4 Å². The van der Waals surface area contributed by atoms with Crippen LogP contribution < -0.4 is 5.43 Å². The SMILES string of the molecule is O=C(N[N+](=O)[O-])c1cccnc1. The minimum Gasteiger partial charge on any atom is -0.264 e. The highest BCUT2D eigenvalue weighted by Gasteiger charge is 2.09. The van der Waals surface area contributed by atoms with Crippen LogP contribution in [0.4, 0.5) is 0 Å². The molecule has 6 nitrogen and oxygen atoms in total. The van der Waals surface area contributed by atoms with Crippen LogP contribution >= 0.6 is 0 Å². The molecule has 1 N–H and O–H groups in total. The van der Waals surface area contributed by atoms with Crippen LogP contribution in [0.25, 0.3) is 0 Å². The van der Waals surface area contributed by atoms with E-state index in [2.05, 4.69) is 4.98 Å². The van der Waals surface area contributed by atoms with Crippen LogP contribution in [0.5, 0.6) is 0 Å². The van der Waals surface area contributed by atoms with E-state index >= 15 is 0 Å². The summed E-state index contributed by atoms with van der Waals surface area (Å²) in [4.78, 5) is 24.3. The Balaban J connectivity index is 2.73. The molecule has 6 heteroatoms. The quantitative estimate of drug-likeness (QED) is 0.496. The molecule has 1 heterocycles. The number of hydrazine groups is 1. The number of nitrogens with one attached hydrogen (secondary N) is 1. The summed E-state index contributed by atoms with van der Waals surface area (Å²) in [6, 6.07) is 2.96. The molecule has 62 valence electrons. The predicted molar refractivity (Wildman–Crippen MR) is 38.7 cm³/mol.